The Labute approximate surface area is 171 Å². The summed E-state index contributed by atoms with van der Waals surface area (Å²) in [5, 5.41) is 5.73. The van der Waals surface area contributed by atoms with Crippen LogP contribution in [0.15, 0.2) is 5.16 Å². The molecule has 1 atom stereocenters. The molecule has 1 unspecified atom stereocenters. The van der Waals surface area contributed by atoms with Gasteiger partial charge in [-0.05, 0) is 52.4 Å². The fourth-order valence-corrected chi connectivity index (χ4v) is 5.13. The van der Waals surface area contributed by atoms with Gasteiger partial charge in [0.05, 0.1) is 17.6 Å². The predicted octanol–water partition coefficient (Wildman–Crippen LogP) is 4.80. The molecule has 1 aliphatic heterocycles. The third-order valence-corrected chi connectivity index (χ3v) is 7.23. The van der Waals surface area contributed by atoms with Gasteiger partial charge < -0.3 is 15.0 Å². The van der Waals surface area contributed by atoms with Gasteiger partial charge in [-0.25, -0.2) is 9.97 Å². The van der Waals surface area contributed by atoms with Crippen LogP contribution in [0.1, 0.15) is 50.5 Å². The van der Waals surface area contributed by atoms with Crippen LogP contribution in [-0.4, -0.2) is 53.4 Å². The number of rotatable bonds is 9. The zero-order chi connectivity index (χ0) is 19.4. The molecule has 0 aliphatic carbocycles. The summed E-state index contributed by atoms with van der Waals surface area (Å²) in [6.07, 6.45) is 4.18. The number of fused-ring (bicyclic) bond motifs is 3. The van der Waals surface area contributed by atoms with Crippen molar-refractivity contribution in [3.05, 3.63) is 10.4 Å². The average molecular weight is 409 g/mol. The number of nitrogens with zero attached hydrogens (tertiary/aromatic N) is 3. The monoisotopic (exact) mass is 408 g/mol. The first-order valence-electron chi connectivity index (χ1n) is 9.93. The number of thiophene rings is 1. The Bertz CT molecular complexity index is 777. The van der Waals surface area contributed by atoms with Gasteiger partial charge in [0.25, 0.3) is 0 Å². The molecule has 3 rings (SSSR count). The number of nitrogens with one attached hydrogen (secondary N) is 1. The summed E-state index contributed by atoms with van der Waals surface area (Å²) in [5.41, 5.74) is 1.31. The smallest absolute Gasteiger partial charge is 0.190 e. The van der Waals surface area contributed by atoms with E-state index in [1.807, 2.05) is 0 Å². The van der Waals surface area contributed by atoms with Gasteiger partial charge in [0.2, 0.25) is 0 Å². The maximum atomic E-state index is 6.16. The first kappa shape index (κ1) is 20.8. The Morgan fingerprint density at radius 3 is 2.81 bits per heavy atom. The molecule has 150 valence electrons. The van der Waals surface area contributed by atoms with Crippen LogP contribution in [0.3, 0.4) is 0 Å². The fourth-order valence-electron chi connectivity index (χ4n) is 3.27. The molecule has 2 aromatic rings. The largest absolute Gasteiger partial charge is 0.369 e. The van der Waals surface area contributed by atoms with Gasteiger partial charge >= 0.3 is 0 Å². The number of aromatic nitrogens is 2. The maximum Gasteiger partial charge on any atom is 0.190 e. The van der Waals surface area contributed by atoms with Crippen molar-refractivity contribution in [2.24, 2.45) is 0 Å². The van der Waals surface area contributed by atoms with E-state index in [2.05, 4.69) is 45.1 Å². The molecule has 3 heterocycles. The van der Waals surface area contributed by atoms with Crippen molar-refractivity contribution in [3.63, 3.8) is 0 Å². The van der Waals surface area contributed by atoms with Crippen molar-refractivity contribution in [1.82, 2.24) is 14.9 Å². The van der Waals surface area contributed by atoms with Crippen molar-refractivity contribution < 1.29 is 4.74 Å². The highest BCUT2D eigenvalue weighted by atomic mass is 32.2. The lowest BCUT2D eigenvalue weighted by atomic mass is 9.90. The summed E-state index contributed by atoms with van der Waals surface area (Å²) in [7, 11) is 4.23. The summed E-state index contributed by atoms with van der Waals surface area (Å²) in [6, 6.07) is 0. The second-order valence-corrected chi connectivity index (χ2v) is 9.89. The maximum absolute atomic E-state index is 6.16. The molecule has 0 saturated heterocycles. The summed E-state index contributed by atoms with van der Waals surface area (Å²) >= 11 is 3.53. The Morgan fingerprint density at radius 1 is 1.30 bits per heavy atom. The van der Waals surface area contributed by atoms with Gasteiger partial charge in [-0.2, -0.15) is 0 Å². The number of hydrogen-bond donors (Lipinski definition) is 1. The Kier molecular flexibility index (Phi) is 7.00. The highest BCUT2D eigenvalue weighted by molar-refractivity contribution is 7.99. The van der Waals surface area contributed by atoms with Crippen LogP contribution in [0, 0.1) is 0 Å². The van der Waals surface area contributed by atoms with Crippen LogP contribution in [0.2, 0.25) is 0 Å². The van der Waals surface area contributed by atoms with E-state index < -0.39 is 0 Å². The molecular formula is C20H32N4OS2. The van der Waals surface area contributed by atoms with Crippen LogP contribution >= 0.6 is 23.1 Å². The normalized spacial score (nSPS) is 19.6. The van der Waals surface area contributed by atoms with E-state index in [0.29, 0.717) is 6.61 Å². The van der Waals surface area contributed by atoms with Gasteiger partial charge in [0, 0.05) is 23.6 Å². The summed E-state index contributed by atoms with van der Waals surface area (Å²) in [4.78, 5) is 14.4. The van der Waals surface area contributed by atoms with Crippen LogP contribution in [0.5, 0.6) is 0 Å². The zero-order valence-electron chi connectivity index (χ0n) is 17.2. The molecule has 0 saturated carbocycles. The summed E-state index contributed by atoms with van der Waals surface area (Å²) in [5.74, 6) is 2.06. The highest BCUT2D eigenvalue weighted by Gasteiger charge is 2.33. The molecule has 0 aromatic carbocycles. The van der Waals surface area contributed by atoms with Gasteiger partial charge in [-0.3, -0.25) is 0 Å². The second-order valence-electron chi connectivity index (χ2n) is 7.74. The van der Waals surface area contributed by atoms with Crippen LogP contribution in [-0.2, 0) is 17.8 Å². The molecule has 5 nitrogen and oxygen atoms in total. The number of anilines is 1. The molecule has 1 aliphatic rings. The molecule has 1 N–H and O–H groups in total. The van der Waals surface area contributed by atoms with E-state index in [-0.39, 0.29) is 5.60 Å². The molecule has 0 radical (unpaired) electrons. The minimum atomic E-state index is -0.0845. The highest BCUT2D eigenvalue weighted by Crippen LogP contribution is 2.42. The zero-order valence-corrected chi connectivity index (χ0v) is 18.9. The number of thioether (sulfide) groups is 1. The molecule has 7 heteroatoms. The van der Waals surface area contributed by atoms with E-state index in [1.165, 1.54) is 15.8 Å². The fraction of sp³-hybridized carbons (Fsp3) is 0.700. The lowest BCUT2D eigenvalue weighted by molar-refractivity contribution is -0.0542. The Morgan fingerprint density at radius 2 is 2.11 bits per heavy atom. The van der Waals surface area contributed by atoms with E-state index in [0.717, 1.165) is 60.3 Å². The minimum absolute atomic E-state index is 0.0845. The van der Waals surface area contributed by atoms with Crippen molar-refractivity contribution in [2.75, 3.05) is 38.3 Å². The SMILES string of the molecule is CCCSc1nc(NCCCN(C)C)c2c3c(sc2n1)COC(C)(CC)C3. The molecule has 27 heavy (non-hydrogen) atoms. The molecule has 0 spiro atoms. The lowest BCUT2D eigenvalue weighted by Gasteiger charge is -2.33. The van der Waals surface area contributed by atoms with Crippen molar-refractivity contribution in [1.29, 1.82) is 0 Å². The van der Waals surface area contributed by atoms with Crippen LogP contribution in [0.4, 0.5) is 5.82 Å². The quantitative estimate of drug-likeness (QED) is 0.365. The first-order chi connectivity index (χ1) is 13.0. The van der Waals surface area contributed by atoms with Crippen molar-refractivity contribution in [2.45, 2.75) is 63.8 Å². The first-order valence-corrected chi connectivity index (χ1v) is 11.7. The van der Waals surface area contributed by atoms with Crippen LogP contribution < -0.4 is 5.32 Å². The van der Waals surface area contributed by atoms with Gasteiger partial charge in [0.15, 0.2) is 5.16 Å². The topological polar surface area (TPSA) is 50.3 Å². The number of hydrogen-bond acceptors (Lipinski definition) is 7. The third-order valence-electron chi connectivity index (χ3n) is 5.07. The van der Waals surface area contributed by atoms with Gasteiger partial charge in [-0.15, -0.1) is 11.3 Å². The Balaban J connectivity index is 1.94. The average Bonchev–Trinajstić information content (AvgIpc) is 3.00. The summed E-state index contributed by atoms with van der Waals surface area (Å²) < 4.78 is 6.16. The molecule has 0 fully saturated rings. The Hall–Kier alpha value is -0.890. The van der Waals surface area contributed by atoms with E-state index in [1.54, 1.807) is 23.1 Å². The molecular weight excluding hydrogens is 376 g/mol. The minimum Gasteiger partial charge on any atom is -0.369 e. The third kappa shape index (κ3) is 4.94. The summed E-state index contributed by atoms with van der Waals surface area (Å²) in [6.45, 7) is 9.30. The van der Waals surface area contributed by atoms with Crippen molar-refractivity contribution >= 4 is 39.1 Å². The second kappa shape index (κ2) is 9.07. The predicted molar refractivity (Wildman–Crippen MR) is 117 cm³/mol. The van der Waals surface area contributed by atoms with E-state index in [9.17, 15) is 0 Å². The molecule has 0 bridgehead atoms. The van der Waals surface area contributed by atoms with Crippen LogP contribution in [0.25, 0.3) is 10.2 Å². The van der Waals surface area contributed by atoms with Gasteiger partial charge in [-0.1, -0.05) is 25.6 Å². The van der Waals surface area contributed by atoms with Crippen molar-refractivity contribution in [3.8, 4) is 0 Å². The standard InChI is InChI=1S/C20H32N4OS2/c1-6-11-26-19-22-17(21-9-8-10-24(4)5)16-14-12-20(3,7-2)25-13-15(14)27-18(16)23-19/h6-13H2,1-5H3,(H,21,22,23). The van der Waals surface area contributed by atoms with E-state index in [4.69, 9.17) is 14.7 Å². The molecule has 2 aromatic heterocycles. The lowest BCUT2D eigenvalue weighted by Crippen LogP contribution is -2.34. The molecule has 0 amide bonds. The number of ether oxygens (including phenoxy) is 1. The van der Waals surface area contributed by atoms with E-state index >= 15 is 0 Å². The van der Waals surface area contributed by atoms with Gasteiger partial charge in [0.1, 0.15) is 10.6 Å².